The van der Waals surface area contributed by atoms with Crippen molar-refractivity contribution in [1.82, 2.24) is 0 Å². The lowest BCUT2D eigenvalue weighted by Gasteiger charge is -2.28. The summed E-state index contributed by atoms with van der Waals surface area (Å²) in [6, 6.07) is 98.7. The Bertz CT molecular complexity index is 2700. The second-order valence-corrected chi connectivity index (χ2v) is 15.5. The maximum absolute atomic E-state index is 2.31. The minimum atomic E-state index is 0. The van der Waals surface area contributed by atoms with Gasteiger partial charge in [-0.3, -0.25) is 0 Å². The first kappa shape index (κ1) is 41.8. The highest BCUT2D eigenvalue weighted by molar-refractivity contribution is 5.84. The lowest BCUT2D eigenvalue weighted by molar-refractivity contribution is 1.25. The smallest absolute Gasteiger partial charge is 0.0463 e. The summed E-state index contributed by atoms with van der Waals surface area (Å²) >= 11 is 0. The normalized spacial score (nSPS) is 10.6. The molecule has 0 bridgehead atoms. The molecule has 10 aromatic carbocycles. The third kappa shape index (κ3) is 9.17. The fraction of sp³-hybridized carbons (Fsp3) is 0. The van der Waals surface area contributed by atoms with Crippen molar-refractivity contribution in [3.63, 3.8) is 0 Å². The Morgan fingerprint density at radius 3 is 0.415 bits per heavy atom. The summed E-state index contributed by atoms with van der Waals surface area (Å²) in [4.78, 5) is 9.21. The molecule has 0 unspecified atom stereocenters. The van der Waals surface area contributed by atoms with E-state index in [0.717, 1.165) is 79.4 Å². The second kappa shape index (κ2) is 19.7. The van der Waals surface area contributed by atoms with Crippen LogP contribution in [0.3, 0.4) is 0 Å². The van der Waals surface area contributed by atoms with E-state index >= 15 is 0 Å². The summed E-state index contributed by atoms with van der Waals surface area (Å²) in [5.74, 6) is 0. The molecule has 0 N–H and O–H groups in total. The number of para-hydroxylation sites is 6. The summed E-state index contributed by atoms with van der Waals surface area (Å²) in [5.41, 5.74) is 15.4. The van der Waals surface area contributed by atoms with Crippen LogP contribution in [0, 0.1) is 0 Å². The first-order chi connectivity index (χ1) is 31.8. The Morgan fingerprint density at radius 1 is 0.138 bits per heavy atom. The molecule has 65 heavy (non-hydrogen) atoms. The molecule has 0 heterocycles. The number of benzene rings is 10. The first-order valence-corrected chi connectivity index (χ1v) is 21.7. The van der Waals surface area contributed by atoms with Gasteiger partial charge in [-0.25, -0.2) is 0 Å². The minimum Gasteiger partial charge on any atom is -0.311 e. The molecular formula is C60H46BN4. The molecule has 0 aliphatic carbocycles. The highest BCUT2D eigenvalue weighted by Crippen LogP contribution is 2.42. The van der Waals surface area contributed by atoms with Crippen LogP contribution in [0.25, 0.3) is 11.1 Å². The minimum absolute atomic E-state index is 0. The van der Waals surface area contributed by atoms with Crippen LogP contribution in [-0.4, -0.2) is 8.41 Å². The third-order valence-corrected chi connectivity index (χ3v) is 11.4. The van der Waals surface area contributed by atoms with Crippen molar-refractivity contribution in [2.45, 2.75) is 0 Å². The largest absolute Gasteiger partial charge is 0.311 e. The van der Waals surface area contributed by atoms with Gasteiger partial charge in [-0.2, -0.15) is 0 Å². The zero-order valence-electron chi connectivity index (χ0n) is 35.9. The van der Waals surface area contributed by atoms with Gasteiger partial charge in [0.25, 0.3) is 0 Å². The molecule has 5 heteroatoms. The molecule has 0 saturated carbocycles. The molecule has 0 spiro atoms. The van der Waals surface area contributed by atoms with E-state index < -0.39 is 0 Å². The average molecular weight is 834 g/mol. The fourth-order valence-corrected chi connectivity index (χ4v) is 8.36. The van der Waals surface area contributed by atoms with E-state index in [1.54, 1.807) is 0 Å². The van der Waals surface area contributed by atoms with E-state index in [1.165, 1.54) is 0 Å². The van der Waals surface area contributed by atoms with Crippen LogP contribution in [0.4, 0.5) is 68.2 Å². The Kier molecular flexibility index (Phi) is 12.6. The Morgan fingerprint density at radius 2 is 0.262 bits per heavy atom. The second-order valence-electron chi connectivity index (χ2n) is 15.5. The maximum atomic E-state index is 2.31. The average Bonchev–Trinajstić information content (AvgIpc) is 3.38. The number of anilines is 12. The van der Waals surface area contributed by atoms with Gasteiger partial charge in [0.15, 0.2) is 0 Å². The Balaban J connectivity index is 0.00000533. The molecule has 10 aromatic rings. The van der Waals surface area contributed by atoms with Crippen molar-refractivity contribution < 1.29 is 0 Å². The summed E-state index contributed by atoms with van der Waals surface area (Å²) in [7, 11) is 0. The van der Waals surface area contributed by atoms with Gasteiger partial charge in [-0.05, 0) is 157 Å². The molecule has 0 saturated heterocycles. The summed E-state index contributed by atoms with van der Waals surface area (Å²) in [6.07, 6.45) is 0. The molecular weight excluding hydrogens is 787 g/mol. The van der Waals surface area contributed by atoms with Crippen LogP contribution >= 0.6 is 0 Å². The van der Waals surface area contributed by atoms with Gasteiger partial charge in [0.2, 0.25) is 0 Å². The van der Waals surface area contributed by atoms with E-state index in [4.69, 9.17) is 0 Å². The molecule has 4 nitrogen and oxygen atoms in total. The predicted molar refractivity (Wildman–Crippen MR) is 276 cm³/mol. The van der Waals surface area contributed by atoms with Crippen molar-refractivity contribution in [3.05, 3.63) is 279 Å². The topological polar surface area (TPSA) is 13.0 Å². The van der Waals surface area contributed by atoms with Gasteiger partial charge in [0.1, 0.15) is 0 Å². The number of rotatable bonds is 13. The monoisotopic (exact) mass is 833 g/mol. The Hall–Kier alpha value is -8.54. The van der Waals surface area contributed by atoms with Gasteiger partial charge in [0, 0.05) is 76.7 Å². The van der Waals surface area contributed by atoms with Crippen molar-refractivity contribution in [1.29, 1.82) is 0 Å². The van der Waals surface area contributed by atoms with Crippen molar-refractivity contribution in [2.75, 3.05) is 19.6 Å². The zero-order chi connectivity index (χ0) is 42.9. The van der Waals surface area contributed by atoms with Gasteiger partial charge in [-0.1, -0.05) is 133 Å². The molecule has 0 atom stereocenters. The van der Waals surface area contributed by atoms with Crippen LogP contribution < -0.4 is 19.6 Å². The maximum Gasteiger partial charge on any atom is 0.0463 e. The van der Waals surface area contributed by atoms with E-state index in [2.05, 4.69) is 299 Å². The van der Waals surface area contributed by atoms with E-state index in [0.29, 0.717) is 0 Å². The molecule has 0 amide bonds. The van der Waals surface area contributed by atoms with Crippen molar-refractivity contribution in [2.24, 2.45) is 0 Å². The van der Waals surface area contributed by atoms with Crippen LogP contribution in [0.2, 0.25) is 0 Å². The molecule has 0 aromatic heterocycles. The highest BCUT2D eigenvalue weighted by Gasteiger charge is 2.18. The molecule has 0 aliphatic rings. The van der Waals surface area contributed by atoms with E-state index in [1.807, 2.05) is 0 Å². The lowest BCUT2D eigenvalue weighted by Crippen LogP contribution is -2.12. The lowest BCUT2D eigenvalue weighted by atomic mass is 10.0. The van der Waals surface area contributed by atoms with Crippen LogP contribution in [0.5, 0.6) is 0 Å². The number of hydrogen-bond donors (Lipinski definition) is 0. The predicted octanol–water partition coefficient (Wildman–Crippen LogP) is 16.9. The highest BCUT2D eigenvalue weighted by atomic mass is 15.2. The van der Waals surface area contributed by atoms with Gasteiger partial charge in [0.05, 0.1) is 0 Å². The third-order valence-electron chi connectivity index (χ3n) is 11.4. The molecule has 10 rings (SSSR count). The summed E-state index contributed by atoms with van der Waals surface area (Å²) in [5, 5.41) is 0. The zero-order valence-corrected chi connectivity index (χ0v) is 35.9. The molecule has 0 aliphatic heterocycles. The van der Waals surface area contributed by atoms with Crippen LogP contribution in [-0.2, 0) is 0 Å². The standard InChI is InChI=1S/C60H46N4.B/c1-7-19-49(20-8-1)61(50-21-9-2-10-22-50)57-39-43-59(44-40-57)63(53-27-15-5-16-28-53)55-35-31-47(32-36-55)48-33-37-56(38-34-48)64(54-29-17-6-18-30-54)60-45-41-58(42-46-60)62(51-23-11-3-12-24-51)52-25-13-4-14-26-52;/h1-46H;. The van der Waals surface area contributed by atoms with Gasteiger partial charge >= 0.3 is 0 Å². The molecule has 3 radical (unpaired) electrons. The van der Waals surface area contributed by atoms with Gasteiger partial charge < -0.3 is 19.6 Å². The first-order valence-electron chi connectivity index (χ1n) is 21.7. The van der Waals surface area contributed by atoms with Crippen LogP contribution in [0.15, 0.2) is 279 Å². The van der Waals surface area contributed by atoms with E-state index in [-0.39, 0.29) is 8.41 Å². The van der Waals surface area contributed by atoms with Gasteiger partial charge in [-0.15, -0.1) is 0 Å². The van der Waals surface area contributed by atoms with Crippen molar-refractivity contribution in [3.8, 4) is 11.1 Å². The quantitative estimate of drug-likeness (QED) is 0.107. The Labute approximate surface area is 384 Å². The molecule has 309 valence electrons. The van der Waals surface area contributed by atoms with Crippen LogP contribution in [0.1, 0.15) is 0 Å². The molecule has 0 fully saturated rings. The number of hydrogen-bond acceptors (Lipinski definition) is 4. The SMILES string of the molecule is [B].c1ccc(N(c2ccccc2)c2ccc(N(c3ccccc3)c3ccc(-c4ccc(N(c5ccccc5)c5ccc(N(c6ccccc6)c6ccccc6)cc5)cc4)cc3)cc2)cc1. The summed E-state index contributed by atoms with van der Waals surface area (Å²) < 4.78 is 0. The fourth-order valence-electron chi connectivity index (χ4n) is 8.36. The van der Waals surface area contributed by atoms with E-state index in [9.17, 15) is 0 Å². The number of nitrogens with zero attached hydrogens (tertiary/aromatic N) is 4. The van der Waals surface area contributed by atoms with Crippen molar-refractivity contribution >= 4 is 76.7 Å². The summed E-state index contributed by atoms with van der Waals surface area (Å²) in [6.45, 7) is 0.